The molecular weight excluding hydrogens is 215 g/mol. The molecule has 1 aliphatic carbocycles. The number of nitrogens with two attached hydrogens (primary N) is 1. The molecule has 0 aromatic heterocycles. The minimum atomic E-state index is -4.30. The average Bonchev–Trinajstić information content (AvgIpc) is 2.11. The molecule has 2 rings (SSSR count). The molecule has 0 bridgehead atoms. The van der Waals surface area contributed by atoms with Gasteiger partial charge in [-0.1, -0.05) is 25.3 Å². The fourth-order valence-electron chi connectivity index (χ4n) is 1.97. The molecule has 0 saturated heterocycles. The van der Waals surface area contributed by atoms with E-state index in [9.17, 15) is 13.2 Å². The highest BCUT2D eigenvalue weighted by Crippen LogP contribution is 2.34. The van der Waals surface area contributed by atoms with Gasteiger partial charge in [-0.2, -0.15) is 13.2 Å². The second kappa shape index (κ2) is 4.00. The van der Waals surface area contributed by atoms with Crippen molar-refractivity contribution in [2.75, 3.05) is 5.73 Å². The number of hydrogen-bond donors (Lipinski definition) is 1. The highest BCUT2D eigenvalue weighted by Gasteiger charge is 2.31. The molecule has 0 heterocycles. The van der Waals surface area contributed by atoms with Crippen LogP contribution in [0.5, 0.6) is 0 Å². The lowest BCUT2D eigenvalue weighted by Crippen LogP contribution is -2.15. The van der Waals surface area contributed by atoms with E-state index in [1.54, 1.807) is 0 Å². The molecule has 1 fully saturated rings. The molecule has 0 aliphatic heterocycles. The molecular formula is C12H14F3N. The van der Waals surface area contributed by atoms with Gasteiger partial charge in [0.25, 0.3) is 0 Å². The topological polar surface area (TPSA) is 26.0 Å². The third-order valence-electron chi connectivity index (χ3n) is 3.21. The fraction of sp³-hybridized carbons (Fsp3) is 0.500. The largest absolute Gasteiger partial charge is 0.416 e. The Hall–Kier alpha value is -1.19. The Bertz CT molecular complexity index is 380. The third-order valence-corrected chi connectivity index (χ3v) is 3.21. The average molecular weight is 229 g/mol. The number of benzene rings is 1. The van der Waals surface area contributed by atoms with Gasteiger partial charge in [-0.3, -0.25) is 0 Å². The van der Waals surface area contributed by atoms with Gasteiger partial charge in [0.15, 0.2) is 0 Å². The number of rotatable bonds is 2. The second-order valence-electron chi connectivity index (χ2n) is 4.41. The normalized spacial score (nSPS) is 17.2. The molecule has 88 valence electrons. The number of hydrogen-bond acceptors (Lipinski definition) is 1. The van der Waals surface area contributed by atoms with E-state index in [0.29, 0.717) is 5.92 Å². The lowest BCUT2D eigenvalue weighted by molar-refractivity contribution is -0.137. The smallest absolute Gasteiger partial charge is 0.398 e. The van der Waals surface area contributed by atoms with Gasteiger partial charge in [0.2, 0.25) is 0 Å². The van der Waals surface area contributed by atoms with Crippen molar-refractivity contribution in [2.45, 2.75) is 31.9 Å². The second-order valence-corrected chi connectivity index (χ2v) is 4.41. The number of anilines is 1. The molecule has 4 heteroatoms. The maximum absolute atomic E-state index is 12.4. The Balaban J connectivity index is 2.15. The van der Waals surface area contributed by atoms with Gasteiger partial charge < -0.3 is 5.73 Å². The maximum atomic E-state index is 12.4. The summed E-state index contributed by atoms with van der Waals surface area (Å²) >= 11 is 0. The Morgan fingerprint density at radius 3 is 2.38 bits per heavy atom. The molecule has 1 saturated carbocycles. The van der Waals surface area contributed by atoms with Crippen molar-refractivity contribution in [3.8, 4) is 0 Å². The number of nitrogen functional groups attached to an aromatic ring is 1. The van der Waals surface area contributed by atoms with Crippen molar-refractivity contribution in [1.82, 2.24) is 0 Å². The van der Waals surface area contributed by atoms with Gasteiger partial charge >= 0.3 is 6.18 Å². The van der Waals surface area contributed by atoms with Crippen molar-refractivity contribution < 1.29 is 13.2 Å². The molecule has 1 aliphatic rings. The predicted octanol–water partition coefficient (Wildman–Crippen LogP) is 3.63. The van der Waals surface area contributed by atoms with E-state index >= 15 is 0 Å². The summed E-state index contributed by atoms with van der Waals surface area (Å²) in [5, 5.41) is 0. The summed E-state index contributed by atoms with van der Waals surface area (Å²) in [5.41, 5.74) is 6.09. The van der Waals surface area contributed by atoms with Crippen LogP contribution in [0.1, 0.15) is 30.4 Å². The summed E-state index contributed by atoms with van der Waals surface area (Å²) < 4.78 is 37.2. The first-order valence-electron chi connectivity index (χ1n) is 5.42. The van der Waals surface area contributed by atoms with Crippen molar-refractivity contribution in [3.63, 3.8) is 0 Å². The summed E-state index contributed by atoms with van der Waals surface area (Å²) in [6.07, 6.45) is 0.0687. The Morgan fingerprint density at radius 2 is 1.94 bits per heavy atom. The van der Waals surface area contributed by atoms with Crippen LogP contribution in [0.4, 0.5) is 18.9 Å². The first-order chi connectivity index (χ1) is 7.47. The Labute approximate surface area is 92.5 Å². The quantitative estimate of drug-likeness (QED) is 0.770. The predicted molar refractivity (Wildman–Crippen MR) is 56.9 cm³/mol. The monoisotopic (exact) mass is 229 g/mol. The van der Waals surface area contributed by atoms with Crippen LogP contribution in [-0.4, -0.2) is 0 Å². The van der Waals surface area contributed by atoms with Crippen LogP contribution in [0.3, 0.4) is 0 Å². The fourth-order valence-corrected chi connectivity index (χ4v) is 1.97. The molecule has 2 N–H and O–H groups in total. The van der Waals surface area contributed by atoms with Crippen molar-refractivity contribution in [2.24, 2.45) is 5.92 Å². The molecule has 1 aromatic carbocycles. The standard InChI is InChI=1S/C12H14F3N/c13-12(14,15)10-5-4-9(11(16)7-10)6-8-2-1-3-8/h4-5,7-8H,1-3,6,16H2. The van der Waals surface area contributed by atoms with E-state index in [1.807, 2.05) is 0 Å². The van der Waals surface area contributed by atoms with E-state index in [4.69, 9.17) is 5.73 Å². The third kappa shape index (κ3) is 2.31. The van der Waals surface area contributed by atoms with E-state index < -0.39 is 11.7 Å². The van der Waals surface area contributed by atoms with E-state index in [-0.39, 0.29) is 5.69 Å². The van der Waals surface area contributed by atoms with Crippen LogP contribution in [0.2, 0.25) is 0 Å². The molecule has 1 nitrogen and oxygen atoms in total. The molecule has 0 radical (unpaired) electrons. The minimum Gasteiger partial charge on any atom is -0.398 e. The number of halogens is 3. The Morgan fingerprint density at radius 1 is 1.25 bits per heavy atom. The summed E-state index contributed by atoms with van der Waals surface area (Å²) in [5.74, 6) is 0.610. The molecule has 0 atom stereocenters. The van der Waals surface area contributed by atoms with Crippen molar-refractivity contribution in [1.29, 1.82) is 0 Å². The van der Waals surface area contributed by atoms with E-state index in [1.165, 1.54) is 25.3 Å². The Kier molecular flexibility index (Phi) is 2.82. The van der Waals surface area contributed by atoms with Crippen LogP contribution in [0, 0.1) is 5.92 Å². The summed E-state index contributed by atoms with van der Waals surface area (Å²) in [4.78, 5) is 0. The summed E-state index contributed by atoms with van der Waals surface area (Å²) in [6.45, 7) is 0. The van der Waals surface area contributed by atoms with Gasteiger partial charge in [0, 0.05) is 5.69 Å². The van der Waals surface area contributed by atoms with Crippen molar-refractivity contribution >= 4 is 5.69 Å². The van der Waals surface area contributed by atoms with Crippen molar-refractivity contribution in [3.05, 3.63) is 29.3 Å². The minimum absolute atomic E-state index is 0.265. The van der Waals surface area contributed by atoms with Gasteiger partial charge in [0.05, 0.1) is 5.56 Å². The van der Waals surface area contributed by atoms with E-state index in [2.05, 4.69) is 0 Å². The lowest BCUT2D eigenvalue weighted by Gasteiger charge is -2.26. The lowest BCUT2D eigenvalue weighted by atomic mass is 9.80. The van der Waals surface area contributed by atoms with Gasteiger partial charge in [-0.15, -0.1) is 0 Å². The van der Waals surface area contributed by atoms with Crippen LogP contribution in [0.15, 0.2) is 18.2 Å². The molecule has 1 aromatic rings. The zero-order valence-corrected chi connectivity index (χ0v) is 8.85. The van der Waals surface area contributed by atoms with Crippen LogP contribution in [0.25, 0.3) is 0 Å². The molecule has 16 heavy (non-hydrogen) atoms. The molecule has 0 spiro atoms. The SMILES string of the molecule is Nc1cc(C(F)(F)F)ccc1CC1CCC1. The first-order valence-corrected chi connectivity index (χ1v) is 5.42. The summed E-state index contributed by atoms with van der Waals surface area (Å²) in [6, 6.07) is 3.66. The maximum Gasteiger partial charge on any atom is 0.416 e. The zero-order chi connectivity index (χ0) is 11.8. The number of alkyl halides is 3. The van der Waals surface area contributed by atoms with Crippen LogP contribution < -0.4 is 5.73 Å². The van der Waals surface area contributed by atoms with Crippen LogP contribution in [-0.2, 0) is 12.6 Å². The van der Waals surface area contributed by atoms with Gasteiger partial charge in [-0.25, -0.2) is 0 Å². The highest BCUT2D eigenvalue weighted by atomic mass is 19.4. The first kappa shape index (κ1) is 11.3. The van der Waals surface area contributed by atoms with Gasteiger partial charge in [0.1, 0.15) is 0 Å². The zero-order valence-electron chi connectivity index (χ0n) is 8.85. The molecule has 0 amide bonds. The van der Waals surface area contributed by atoms with Gasteiger partial charge in [-0.05, 0) is 30.0 Å². The highest BCUT2D eigenvalue weighted by molar-refractivity contribution is 5.50. The van der Waals surface area contributed by atoms with Crippen LogP contribution >= 0.6 is 0 Å². The molecule has 0 unspecified atom stereocenters. The van der Waals surface area contributed by atoms with E-state index in [0.717, 1.165) is 24.1 Å². The summed E-state index contributed by atoms with van der Waals surface area (Å²) in [7, 11) is 0.